The number of rotatable bonds is 5. The van der Waals surface area contributed by atoms with Crippen molar-refractivity contribution in [1.82, 2.24) is 10.2 Å². The van der Waals surface area contributed by atoms with Gasteiger partial charge in [0.2, 0.25) is 5.91 Å². The Kier molecular flexibility index (Phi) is 5.60. The van der Waals surface area contributed by atoms with Crippen LogP contribution in [0.3, 0.4) is 0 Å². The first-order chi connectivity index (χ1) is 7.24. The highest BCUT2D eigenvalue weighted by atomic mass is 16.5. The SMILES string of the molecule is COCCNCC(=O)N1CCOC(C)C1. The van der Waals surface area contributed by atoms with Crippen LogP contribution >= 0.6 is 0 Å². The van der Waals surface area contributed by atoms with E-state index in [0.29, 0.717) is 39.4 Å². The molecule has 1 amide bonds. The van der Waals surface area contributed by atoms with Crippen molar-refractivity contribution < 1.29 is 14.3 Å². The lowest BCUT2D eigenvalue weighted by Gasteiger charge is -2.31. The van der Waals surface area contributed by atoms with E-state index in [-0.39, 0.29) is 12.0 Å². The van der Waals surface area contributed by atoms with Crippen LogP contribution in [0.5, 0.6) is 0 Å². The van der Waals surface area contributed by atoms with Crippen molar-refractivity contribution >= 4 is 5.91 Å². The van der Waals surface area contributed by atoms with Crippen molar-refractivity contribution in [1.29, 1.82) is 0 Å². The molecular formula is C10H20N2O3. The molecule has 1 unspecified atom stereocenters. The van der Waals surface area contributed by atoms with E-state index in [2.05, 4.69) is 5.32 Å². The number of carbonyl (C=O) groups excluding carboxylic acids is 1. The number of ether oxygens (including phenoxy) is 2. The van der Waals surface area contributed by atoms with Gasteiger partial charge in [-0.15, -0.1) is 0 Å². The molecule has 1 N–H and O–H groups in total. The molecule has 1 atom stereocenters. The topological polar surface area (TPSA) is 50.8 Å². The summed E-state index contributed by atoms with van der Waals surface area (Å²) in [5, 5.41) is 3.04. The van der Waals surface area contributed by atoms with Crippen LogP contribution < -0.4 is 5.32 Å². The maximum Gasteiger partial charge on any atom is 0.236 e. The summed E-state index contributed by atoms with van der Waals surface area (Å²) in [6.07, 6.45) is 0.154. The molecular weight excluding hydrogens is 196 g/mol. The average Bonchev–Trinajstić information content (AvgIpc) is 2.24. The number of carbonyl (C=O) groups is 1. The second-order valence-corrected chi connectivity index (χ2v) is 3.69. The molecule has 1 aliphatic rings. The monoisotopic (exact) mass is 216 g/mol. The van der Waals surface area contributed by atoms with E-state index in [0.717, 1.165) is 0 Å². The molecule has 0 aromatic carbocycles. The Bertz CT molecular complexity index is 199. The van der Waals surface area contributed by atoms with E-state index in [9.17, 15) is 4.79 Å². The highest BCUT2D eigenvalue weighted by molar-refractivity contribution is 5.78. The zero-order valence-corrected chi connectivity index (χ0v) is 9.49. The molecule has 5 heteroatoms. The fourth-order valence-corrected chi connectivity index (χ4v) is 1.53. The summed E-state index contributed by atoms with van der Waals surface area (Å²) < 4.78 is 10.2. The summed E-state index contributed by atoms with van der Waals surface area (Å²) in [5.74, 6) is 0.140. The molecule has 1 heterocycles. The van der Waals surface area contributed by atoms with Gasteiger partial charge in [0.05, 0.1) is 25.9 Å². The van der Waals surface area contributed by atoms with Crippen LogP contribution in [0.4, 0.5) is 0 Å². The highest BCUT2D eigenvalue weighted by Gasteiger charge is 2.20. The van der Waals surface area contributed by atoms with E-state index < -0.39 is 0 Å². The van der Waals surface area contributed by atoms with Gasteiger partial charge in [0.1, 0.15) is 0 Å². The molecule has 1 saturated heterocycles. The van der Waals surface area contributed by atoms with E-state index in [1.807, 2.05) is 11.8 Å². The van der Waals surface area contributed by atoms with Gasteiger partial charge in [-0.3, -0.25) is 4.79 Å². The van der Waals surface area contributed by atoms with Gasteiger partial charge in [-0.25, -0.2) is 0 Å². The predicted molar refractivity (Wildman–Crippen MR) is 56.7 cm³/mol. The summed E-state index contributed by atoms with van der Waals surface area (Å²) in [6.45, 7) is 5.76. The van der Waals surface area contributed by atoms with E-state index in [4.69, 9.17) is 9.47 Å². The zero-order valence-electron chi connectivity index (χ0n) is 9.49. The molecule has 0 aliphatic carbocycles. The molecule has 0 aromatic heterocycles. The Morgan fingerprint density at radius 3 is 3.13 bits per heavy atom. The van der Waals surface area contributed by atoms with Crippen LogP contribution in [0, 0.1) is 0 Å². The normalized spacial score (nSPS) is 21.7. The molecule has 15 heavy (non-hydrogen) atoms. The Hall–Kier alpha value is -0.650. The van der Waals surface area contributed by atoms with Crippen molar-refractivity contribution in [2.75, 3.05) is 46.5 Å². The lowest BCUT2D eigenvalue weighted by molar-refractivity contribution is -0.137. The lowest BCUT2D eigenvalue weighted by atomic mass is 10.3. The van der Waals surface area contributed by atoms with Gasteiger partial charge in [-0.2, -0.15) is 0 Å². The second kappa shape index (κ2) is 6.76. The van der Waals surface area contributed by atoms with Crippen molar-refractivity contribution in [3.8, 4) is 0 Å². The first kappa shape index (κ1) is 12.4. The molecule has 1 aliphatic heterocycles. The predicted octanol–water partition coefficient (Wildman–Crippen LogP) is -0.530. The maximum absolute atomic E-state index is 11.7. The molecule has 1 rings (SSSR count). The van der Waals surface area contributed by atoms with E-state index >= 15 is 0 Å². The van der Waals surface area contributed by atoms with Gasteiger partial charge in [-0.05, 0) is 6.92 Å². The minimum Gasteiger partial charge on any atom is -0.383 e. The van der Waals surface area contributed by atoms with Crippen LogP contribution in [0.15, 0.2) is 0 Å². The fourth-order valence-electron chi connectivity index (χ4n) is 1.53. The number of hydrogen-bond acceptors (Lipinski definition) is 4. The maximum atomic E-state index is 11.7. The average molecular weight is 216 g/mol. The molecule has 0 bridgehead atoms. The first-order valence-electron chi connectivity index (χ1n) is 5.33. The molecule has 0 radical (unpaired) electrons. The number of amides is 1. The Morgan fingerprint density at radius 1 is 1.67 bits per heavy atom. The summed E-state index contributed by atoms with van der Waals surface area (Å²) in [5.41, 5.74) is 0. The van der Waals surface area contributed by atoms with E-state index in [1.165, 1.54) is 0 Å². The van der Waals surface area contributed by atoms with Crippen molar-refractivity contribution in [2.24, 2.45) is 0 Å². The quantitative estimate of drug-likeness (QED) is 0.628. The highest BCUT2D eigenvalue weighted by Crippen LogP contribution is 2.03. The standard InChI is InChI=1S/C10H20N2O3/c1-9-8-12(4-6-15-9)10(13)7-11-3-5-14-2/h9,11H,3-8H2,1-2H3. The third-order valence-corrected chi connectivity index (χ3v) is 2.35. The Balaban J connectivity index is 2.15. The third kappa shape index (κ3) is 4.59. The molecule has 0 saturated carbocycles. The van der Waals surface area contributed by atoms with Crippen molar-refractivity contribution in [3.05, 3.63) is 0 Å². The zero-order chi connectivity index (χ0) is 11.1. The van der Waals surface area contributed by atoms with Crippen LogP contribution in [0.1, 0.15) is 6.92 Å². The van der Waals surface area contributed by atoms with Crippen molar-refractivity contribution in [2.45, 2.75) is 13.0 Å². The van der Waals surface area contributed by atoms with Gasteiger partial charge in [-0.1, -0.05) is 0 Å². The van der Waals surface area contributed by atoms with Gasteiger partial charge in [0.25, 0.3) is 0 Å². The Morgan fingerprint density at radius 2 is 2.47 bits per heavy atom. The number of nitrogens with zero attached hydrogens (tertiary/aromatic N) is 1. The van der Waals surface area contributed by atoms with E-state index in [1.54, 1.807) is 7.11 Å². The second-order valence-electron chi connectivity index (χ2n) is 3.69. The van der Waals surface area contributed by atoms with Gasteiger partial charge >= 0.3 is 0 Å². The number of methoxy groups -OCH3 is 1. The number of hydrogen-bond donors (Lipinski definition) is 1. The number of nitrogens with one attached hydrogen (secondary N) is 1. The van der Waals surface area contributed by atoms with Gasteiger partial charge < -0.3 is 19.7 Å². The molecule has 0 spiro atoms. The fraction of sp³-hybridized carbons (Fsp3) is 0.900. The Labute approximate surface area is 90.7 Å². The summed E-state index contributed by atoms with van der Waals surface area (Å²) in [4.78, 5) is 13.5. The first-order valence-corrected chi connectivity index (χ1v) is 5.33. The molecule has 0 aromatic rings. The largest absolute Gasteiger partial charge is 0.383 e. The van der Waals surface area contributed by atoms with Crippen LogP contribution in [-0.4, -0.2) is 63.4 Å². The van der Waals surface area contributed by atoms with Crippen molar-refractivity contribution in [3.63, 3.8) is 0 Å². The molecule has 88 valence electrons. The lowest BCUT2D eigenvalue weighted by Crippen LogP contribution is -2.47. The smallest absolute Gasteiger partial charge is 0.236 e. The van der Waals surface area contributed by atoms with Crippen LogP contribution in [0.25, 0.3) is 0 Å². The molecule has 1 fully saturated rings. The van der Waals surface area contributed by atoms with Gasteiger partial charge in [0, 0.05) is 26.7 Å². The summed E-state index contributed by atoms with van der Waals surface area (Å²) >= 11 is 0. The third-order valence-electron chi connectivity index (χ3n) is 2.35. The summed E-state index contributed by atoms with van der Waals surface area (Å²) in [7, 11) is 1.65. The van der Waals surface area contributed by atoms with Gasteiger partial charge in [0.15, 0.2) is 0 Å². The molecule has 5 nitrogen and oxygen atoms in total. The summed E-state index contributed by atoms with van der Waals surface area (Å²) in [6, 6.07) is 0. The minimum absolute atomic E-state index is 0.140. The van der Waals surface area contributed by atoms with Crippen LogP contribution in [0.2, 0.25) is 0 Å². The van der Waals surface area contributed by atoms with Crippen LogP contribution in [-0.2, 0) is 14.3 Å². The number of morpholine rings is 1. The minimum atomic E-state index is 0.140.